The molecule has 118 valence electrons. The summed E-state index contributed by atoms with van der Waals surface area (Å²) in [6.45, 7) is 5.09. The topological polar surface area (TPSA) is 69.6 Å². The van der Waals surface area contributed by atoms with Crippen molar-refractivity contribution in [3.05, 3.63) is 30.3 Å². The maximum Gasteiger partial charge on any atom is 0.240 e. The van der Waals surface area contributed by atoms with Gasteiger partial charge in [0.05, 0.1) is 4.90 Å². The fraction of sp³-hybridized carbons (Fsp3) is 0.600. The van der Waals surface area contributed by atoms with Crippen LogP contribution in [0.25, 0.3) is 0 Å². The molecule has 1 aromatic carbocycles. The molecule has 2 rings (SSSR count). The molecule has 1 atom stereocenters. The number of aliphatic hydroxyl groups excluding tert-OH is 1. The van der Waals surface area contributed by atoms with Crippen LogP contribution in [0.3, 0.4) is 0 Å². The first-order chi connectivity index (χ1) is 9.95. The number of sulfonamides is 1. The van der Waals surface area contributed by atoms with Crippen molar-refractivity contribution in [2.75, 3.05) is 32.8 Å². The van der Waals surface area contributed by atoms with Crippen LogP contribution in [0.1, 0.15) is 19.8 Å². The third kappa shape index (κ3) is 4.51. The first-order valence-corrected chi connectivity index (χ1v) is 8.81. The van der Waals surface area contributed by atoms with Crippen molar-refractivity contribution in [3.63, 3.8) is 0 Å². The van der Waals surface area contributed by atoms with Crippen LogP contribution < -0.4 is 4.72 Å². The summed E-state index contributed by atoms with van der Waals surface area (Å²) in [5.74, 6) is 0. The molecule has 1 saturated heterocycles. The number of hydrogen-bond acceptors (Lipinski definition) is 4. The molecule has 1 aromatic rings. The standard InChI is InChI=1S/C15H24N2O3S/c1-15(13-18)8-5-10-17(12-15)11-9-16-21(19,20)14-6-3-2-4-7-14/h2-4,6-7,16,18H,5,8-13H2,1H3. The minimum atomic E-state index is -3.42. The van der Waals surface area contributed by atoms with Crippen molar-refractivity contribution in [1.82, 2.24) is 9.62 Å². The van der Waals surface area contributed by atoms with E-state index in [-0.39, 0.29) is 12.0 Å². The predicted octanol–water partition coefficient (Wildman–Crippen LogP) is 1.06. The van der Waals surface area contributed by atoms with Gasteiger partial charge >= 0.3 is 0 Å². The smallest absolute Gasteiger partial charge is 0.240 e. The molecule has 0 amide bonds. The quantitative estimate of drug-likeness (QED) is 0.824. The molecule has 5 nitrogen and oxygen atoms in total. The average molecular weight is 312 g/mol. The zero-order valence-corrected chi connectivity index (χ0v) is 13.3. The van der Waals surface area contributed by atoms with E-state index in [2.05, 4.69) is 16.5 Å². The van der Waals surface area contributed by atoms with Gasteiger partial charge in [-0.05, 0) is 31.5 Å². The second kappa shape index (κ2) is 6.87. The van der Waals surface area contributed by atoms with E-state index in [0.717, 1.165) is 25.9 Å². The molecule has 6 heteroatoms. The molecule has 0 spiro atoms. The highest BCUT2D eigenvalue weighted by Crippen LogP contribution is 2.28. The van der Waals surface area contributed by atoms with Crippen molar-refractivity contribution in [2.45, 2.75) is 24.7 Å². The van der Waals surface area contributed by atoms with Crippen LogP contribution in [0.2, 0.25) is 0 Å². The maximum absolute atomic E-state index is 12.1. The minimum Gasteiger partial charge on any atom is -0.396 e. The molecule has 0 bridgehead atoms. The molecule has 0 aromatic heterocycles. The average Bonchev–Trinajstić information content (AvgIpc) is 2.48. The van der Waals surface area contributed by atoms with Crippen LogP contribution in [0.4, 0.5) is 0 Å². The second-order valence-electron chi connectivity index (χ2n) is 6.06. The Hall–Kier alpha value is -0.950. The molecule has 0 aliphatic carbocycles. The Kier molecular flexibility index (Phi) is 5.37. The van der Waals surface area contributed by atoms with Crippen LogP contribution in [-0.2, 0) is 10.0 Å². The molecule has 1 aliphatic heterocycles. The molecule has 1 unspecified atom stereocenters. The Morgan fingerprint density at radius 1 is 1.33 bits per heavy atom. The van der Waals surface area contributed by atoms with Gasteiger partial charge in [0.2, 0.25) is 10.0 Å². The van der Waals surface area contributed by atoms with Crippen molar-refractivity contribution >= 4 is 10.0 Å². The SMILES string of the molecule is CC1(CO)CCCN(CCNS(=O)(=O)c2ccccc2)C1. The fourth-order valence-electron chi connectivity index (χ4n) is 2.77. The van der Waals surface area contributed by atoms with Gasteiger partial charge in [-0.3, -0.25) is 0 Å². The van der Waals surface area contributed by atoms with E-state index in [9.17, 15) is 13.5 Å². The zero-order chi connectivity index (χ0) is 15.3. The molecule has 0 saturated carbocycles. The Morgan fingerprint density at radius 2 is 2.05 bits per heavy atom. The van der Waals surface area contributed by atoms with Crippen molar-refractivity contribution in [1.29, 1.82) is 0 Å². The Labute approximate surface area is 127 Å². The van der Waals surface area contributed by atoms with Gasteiger partial charge in [0.15, 0.2) is 0 Å². The van der Waals surface area contributed by atoms with E-state index in [1.807, 2.05) is 0 Å². The second-order valence-corrected chi connectivity index (χ2v) is 7.83. The van der Waals surface area contributed by atoms with Gasteiger partial charge < -0.3 is 10.0 Å². The fourth-order valence-corrected chi connectivity index (χ4v) is 3.81. The van der Waals surface area contributed by atoms with Crippen molar-refractivity contribution < 1.29 is 13.5 Å². The normalized spacial score (nSPS) is 24.1. The van der Waals surface area contributed by atoms with Crippen molar-refractivity contribution in [3.8, 4) is 0 Å². The molecule has 1 fully saturated rings. The van der Waals surface area contributed by atoms with Gasteiger partial charge in [0, 0.05) is 31.7 Å². The van der Waals surface area contributed by atoms with Gasteiger partial charge in [0.25, 0.3) is 0 Å². The van der Waals surface area contributed by atoms with E-state index < -0.39 is 10.0 Å². The van der Waals surface area contributed by atoms with Gasteiger partial charge in [-0.2, -0.15) is 0 Å². The molecule has 21 heavy (non-hydrogen) atoms. The lowest BCUT2D eigenvalue weighted by molar-refractivity contribution is 0.0478. The van der Waals surface area contributed by atoms with Crippen molar-refractivity contribution in [2.24, 2.45) is 5.41 Å². The van der Waals surface area contributed by atoms with Crippen LogP contribution in [0, 0.1) is 5.41 Å². The van der Waals surface area contributed by atoms with Gasteiger partial charge in [-0.15, -0.1) is 0 Å². The maximum atomic E-state index is 12.1. The number of nitrogens with zero attached hydrogens (tertiary/aromatic N) is 1. The molecule has 0 radical (unpaired) electrons. The zero-order valence-electron chi connectivity index (χ0n) is 12.5. The highest BCUT2D eigenvalue weighted by atomic mass is 32.2. The summed E-state index contributed by atoms with van der Waals surface area (Å²) in [5, 5.41) is 9.43. The molecule has 2 N–H and O–H groups in total. The molecule has 1 heterocycles. The third-order valence-corrected chi connectivity index (χ3v) is 5.49. The van der Waals surface area contributed by atoms with E-state index in [0.29, 0.717) is 18.0 Å². The summed E-state index contributed by atoms with van der Waals surface area (Å²) >= 11 is 0. The Bertz CT molecular complexity index is 547. The van der Waals surface area contributed by atoms with Gasteiger partial charge in [0.1, 0.15) is 0 Å². The van der Waals surface area contributed by atoms with E-state index in [1.54, 1.807) is 30.3 Å². The molecular weight excluding hydrogens is 288 g/mol. The number of likely N-dealkylation sites (tertiary alicyclic amines) is 1. The van der Waals surface area contributed by atoms with E-state index in [1.165, 1.54) is 0 Å². The summed E-state index contributed by atoms with van der Waals surface area (Å²) in [7, 11) is -3.42. The Balaban J connectivity index is 1.84. The van der Waals surface area contributed by atoms with E-state index in [4.69, 9.17) is 0 Å². The van der Waals surface area contributed by atoms with E-state index >= 15 is 0 Å². The van der Waals surface area contributed by atoms with Crippen LogP contribution in [0.15, 0.2) is 35.2 Å². The van der Waals surface area contributed by atoms with Gasteiger partial charge in [-0.25, -0.2) is 13.1 Å². The lowest BCUT2D eigenvalue weighted by Gasteiger charge is -2.39. The molecule has 1 aliphatic rings. The molecular formula is C15H24N2O3S. The number of nitrogens with one attached hydrogen (secondary N) is 1. The van der Waals surface area contributed by atoms with Crippen LogP contribution >= 0.6 is 0 Å². The lowest BCUT2D eigenvalue weighted by atomic mass is 9.83. The minimum absolute atomic E-state index is 0.0590. The summed E-state index contributed by atoms with van der Waals surface area (Å²) in [5.41, 5.74) is -0.0590. The van der Waals surface area contributed by atoms with Gasteiger partial charge in [-0.1, -0.05) is 25.1 Å². The van der Waals surface area contributed by atoms with Crippen LogP contribution in [0.5, 0.6) is 0 Å². The Morgan fingerprint density at radius 3 is 2.71 bits per heavy atom. The summed E-state index contributed by atoms with van der Waals surface area (Å²) < 4.78 is 26.8. The highest BCUT2D eigenvalue weighted by molar-refractivity contribution is 7.89. The third-order valence-electron chi connectivity index (χ3n) is 4.02. The predicted molar refractivity (Wildman–Crippen MR) is 82.5 cm³/mol. The lowest BCUT2D eigenvalue weighted by Crippen LogP contribution is -2.46. The highest BCUT2D eigenvalue weighted by Gasteiger charge is 2.30. The number of benzene rings is 1. The number of hydrogen-bond donors (Lipinski definition) is 2. The summed E-state index contributed by atoms with van der Waals surface area (Å²) in [6, 6.07) is 8.40. The monoisotopic (exact) mass is 312 g/mol. The number of piperidine rings is 1. The summed E-state index contributed by atoms with van der Waals surface area (Å²) in [4.78, 5) is 2.51. The first-order valence-electron chi connectivity index (χ1n) is 7.33. The summed E-state index contributed by atoms with van der Waals surface area (Å²) in [6.07, 6.45) is 2.07. The first kappa shape index (κ1) is 16.4. The largest absolute Gasteiger partial charge is 0.396 e. The number of rotatable bonds is 6. The van der Waals surface area contributed by atoms with Crippen LogP contribution in [-0.4, -0.2) is 51.2 Å². The number of aliphatic hydroxyl groups is 1.